The van der Waals surface area contributed by atoms with E-state index in [4.69, 9.17) is 8.83 Å². The zero-order chi connectivity index (χ0) is 95.2. The minimum Gasteiger partial charge on any atom is -0.456 e. The Hall–Kier alpha value is -17.6. The summed E-state index contributed by atoms with van der Waals surface area (Å²) in [5.41, 5.74) is 44.6. The molecule has 2 nitrogen and oxygen atoms in total. The van der Waals surface area contributed by atoms with Gasteiger partial charge in [0.15, 0.2) is 0 Å². The molecular weight excluding hydrogens is 1740 g/mol. The molecule has 2 aromatic heterocycles. The zero-order valence-corrected chi connectivity index (χ0v) is 80.5. The fraction of sp³-hybridized carbons (Fsp3) is 0.0704. The van der Waals surface area contributed by atoms with Gasteiger partial charge in [-0.1, -0.05) is 418 Å². The van der Waals surface area contributed by atoms with Crippen LogP contribution in [0.1, 0.15) is 97.2 Å². The van der Waals surface area contributed by atoms with Crippen molar-refractivity contribution in [2.75, 3.05) is 0 Å². The van der Waals surface area contributed by atoms with Crippen LogP contribution in [0.2, 0.25) is 0 Å². The minimum atomic E-state index is -0.420. The van der Waals surface area contributed by atoms with Crippen molar-refractivity contribution in [2.45, 2.75) is 63.2 Å². The molecule has 1 spiro atoms. The Balaban J connectivity index is 0.000000132. The molecule has 5 aliphatic carbocycles. The van der Waals surface area contributed by atoms with Gasteiger partial charge in [0.1, 0.15) is 22.3 Å². The maximum absolute atomic E-state index is 6.67. The van der Waals surface area contributed by atoms with Gasteiger partial charge in [0.2, 0.25) is 0 Å². The molecule has 0 fully saturated rings. The smallest absolute Gasteiger partial charge is 0.135 e. The van der Waals surface area contributed by atoms with E-state index in [9.17, 15) is 0 Å². The van der Waals surface area contributed by atoms with E-state index >= 15 is 0 Å². The number of rotatable bonds is 6. The van der Waals surface area contributed by atoms with Crippen LogP contribution in [0.15, 0.2) is 458 Å². The SMILES string of the molecule is CC1(C)c2ccc(-c3ccc4oc5ccc(-c6c7ccccc7c(-c7ccc8c(c7)C7(c9ccccc9-c9ccccc97)c7ccccc7-8)c7ccccc67)cc5c4c3)cc2-c2c1c1ccccc1c1ccccc21.CC1(C)c2ccccc2-c2c1cc(-c1c3ccccc3c(-c3ccc4oc5ccc(-c6ccc7c(c6)-c6c(c8ccccc8c8ccccc68)C7(C)C)cc5c4c3)c3ccccc13)c1ccccc21. The third-order valence-electron chi connectivity index (χ3n) is 34.2. The van der Waals surface area contributed by atoms with Gasteiger partial charge in [0, 0.05) is 37.8 Å². The molecule has 25 aromatic carbocycles. The highest BCUT2D eigenvalue weighted by Gasteiger charge is 2.52. The van der Waals surface area contributed by atoms with E-state index in [0.717, 1.165) is 43.9 Å². The Labute approximate surface area is 833 Å². The van der Waals surface area contributed by atoms with E-state index in [1.807, 2.05) is 0 Å². The number of fused-ring (bicyclic) bond motifs is 41. The van der Waals surface area contributed by atoms with E-state index in [0.29, 0.717) is 0 Å². The van der Waals surface area contributed by atoms with Gasteiger partial charge < -0.3 is 8.83 Å². The van der Waals surface area contributed by atoms with Crippen LogP contribution in [0.4, 0.5) is 0 Å². The van der Waals surface area contributed by atoms with Gasteiger partial charge in [-0.2, -0.15) is 0 Å². The molecule has 0 atom stereocenters. The first-order chi connectivity index (χ1) is 70.7. The molecule has 27 aromatic rings. The van der Waals surface area contributed by atoms with Crippen LogP contribution in [-0.4, -0.2) is 0 Å². The van der Waals surface area contributed by atoms with E-state index in [-0.39, 0.29) is 16.2 Å². The van der Waals surface area contributed by atoms with E-state index < -0.39 is 5.41 Å². The summed E-state index contributed by atoms with van der Waals surface area (Å²) in [6, 6.07) is 169. The Bertz CT molecular complexity index is 10300. The Morgan fingerprint density at radius 3 is 0.778 bits per heavy atom. The summed E-state index contributed by atoms with van der Waals surface area (Å²) in [6.45, 7) is 14.4. The lowest BCUT2D eigenvalue weighted by atomic mass is 9.70. The molecule has 5 aliphatic rings. The molecular formula is C142H92O2. The first kappa shape index (κ1) is 81.3. The third-order valence-corrected chi connectivity index (χ3v) is 34.2. The van der Waals surface area contributed by atoms with Crippen molar-refractivity contribution in [3.63, 3.8) is 0 Å². The van der Waals surface area contributed by atoms with Crippen molar-refractivity contribution in [1.29, 1.82) is 0 Å². The number of benzene rings is 25. The molecule has 144 heavy (non-hydrogen) atoms. The summed E-state index contributed by atoms with van der Waals surface area (Å²) in [7, 11) is 0. The molecule has 0 unspecified atom stereocenters. The second kappa shape index (κ2) is 29.5. The van der Waals surface area contributed by atoms with E-state index in [1.165, 1.54) is 275 Å². The van der Waals surface area contributed by atoms with Crippen LogP contribution in [0.3, 0.4) is 0 Å². The topological polar surface area (TPSA) is 26.3 Å². The fourth-order valence-corrected chi connectivity index (χ4v) is 28.1. The summed E-state index contributed by atoms with van der Waals surface area (Å²) in [6.07, 6.45) is 0. The number of hydrogen-bond donors (Lipinski definition) is 0. The number of furan rings is 2. The molecule has 0 amide bonds. The average molecular weight is 1830 g/mol. The monoisotopic (exact) mass is 1830 g/mol. The van der Waals surface area contributed by atoms with Crippen LogP contribution in [-0.2, 0) is 21.7 Å². The second-order valence-electron chi connectivity index (χ2n) is 42.4. The van der Waals surface area contributed by atoms with Gasteiger partial charge >= 0.3 is 0 Å². The summed E-state index contributed by atoms with van der Waals surface area (Å²) in [4.78, 5) is 0. The van der Waals surface area contributed by atoms with Gasteiger partial charge in [0.25, 0.3) is 0 Å². The average Bonchev–Trinajstić information content (AvgIpc) is 1.51. The molecule has 672 valence electrons. The van der Waals surface area contributed by atoms with Crippen molar-refractivity contribution in [1.82, 2.24) is 0 Å². The molecule has 0 bridgehead atoms. The largest absolute Gasteiger partial charge is 0.456 e. The summed E-state index contributed by atoms with van der Waals surface area (Å²) >= 11 is 0. The Kier molecular flexibility index (Phi) is 16.7. The molecule has 0 N–H and O–H groups in total. The number of hydrogen-bond acceptors (Lipinski definition) is 2. The van der Waals surface area contributed by atoms with Crippen LogP contribution >= 0.6 is 0 Å². The molecule has 32 rings (SSSR count). The lowest BCUT2D eigenvalue weighted by Gasteiger charge is -2.30. The molecule has 0 saturated heterocycles. The zero-order valence-electron chi connectivity index (χ0n) is 80.5. The van der Waals surface area contributed by atoms with Gasteiger partial charge in [-0.15, -0.1) is 0 Å². The standard InChI is InChI=1S/C74H46O.C68H46O/c1-73(2)62-36-32-43(40-61(62)71-53-22-5-3-17-47(53)48-18-4-10-27-58(48)72(71)73)44-33-37-67-59(39-44)60-41-45(34-38-68(60)75-67)69-54-23-6-8-25-56(54)70(57-26-9-7-24-55(57)69)46-31-35-52-51-21-13-16-30-65(51)74(66(52)42-46)63-28-14-11-19-49(63)50-20-12-15-29-64(50)74;1-67(2)57-28-16-15-27-52(57)64-45-20-8-6-19-44(45)55(38-59(64)67)63-49-24-12-10-22-47(49)62(48-23-11-13-25-50(48)63)41-31-34-61-54(37-41)53-35-40(30-33-60(53)69-61)39-29-32-58-56(36-39)65-46-21-9-5-17-42(46)43-18-7-14-26-51(43)66(65)68(58,3)4/h3-42H,1-2H3;5-38H,1-4H3. The van der Waals surface area contributed by atoms with Crippen LogP contribution < -0.4 is 0 Å². The van der Waals surface area contributed by atoms with Crippen LogP contribution in [0.5, 0.6) is 0 Å². The molecule has 2 heterocycles. The van der Waals surface area contributed by atoms with Gasteiger partial charge in [0.05, 0.1) is 5.41 Å². The molecule has 2 heteroatoms. The highest BCUT2D eigenvalue weighted by Crippen LogP contribution is 2.66. The maximum Gasteiger partial charge on any atom is 0.135 e. The summed E-state index contributed by atoms with van der Waals surface area (Å²) in [5, 5.41) is 27.6. The van der Waals surface area contributed by atoms with Crippen molar-refractivity contribution < 1.29 is 8.83 Å². The molecule has 0 saturated carbocycles. The Morgan fingerprint density at radius 1 is 0.132 bits per heavy atom. The highest BCUT2D eigenvalue weighted by atomic mass is 16.3. The second-order valence-corrected chi connectivity index (χ2v) is 42.4. The molecule has 0 aliphatic heterocycles. The minimum absolute atomic E-state index is 0.133. The third kappa shape index (κ3) is 10.9. The lowest BCUT2D eigenvalue weighted by molar-refractivity contribution is 0.661. The van der Waals surface area contributed by atoms with Gasteiger partial charge in [-0.25, -0.2) is 0 Å². The van der Waals surface area contributed by atoms with Gasteiger partial charge in [-0.3, -0.25) is 0 Å². The predicted molar refractivity (Wildman–Crippen MR) is 607 cm³/mol. The Morgan fingerprint density at radius 2 is 0.389 bits per heavy atom. The first-order valence-electron chi connectivity index (χ1n) is 50.8. The lowest BCUT2D eigenvalue weighted by Crippen LogP contribution is -2.25. The quantitative estimate of drug-likeness (QED) is 0.123. The maximum atomic E-state index is 6.67. The normalized spacial score (nSPS) is 14.3. The van der Waals surface area contributed by atoms with Crippen molar-refractivity contribution >= 4 is 141 Å². The summed E-state index contributed by atoms with van der Waals surface area (Å²) in [5.74, 6) is 0. The van der Waals surface area contributed by atoms with Crippen molar-refractivity contribution in [2.24, 2.45) is 0 Å². The van der Waals surface area contributed by atoms with Crippen molar-refractivity contribution in [3.8, 4) is 122 Å². The van der Waals surface area contributed by atoms with E-state index in [1.54, 1.807) is 0 Å². The van der Waals surface area contributed by atoms with Gasteiger partial charge in [-0.05, 0) is 348 Å². The fourth-order valence-electron chi connectivity index (χ4n) is 28.1. The summed E-state index contributed by atoms with van der Waals surface area (Å²) < 4.78 is 13.3. The van der Waals surface area contributed by atoms with Crippen LogP contribution in [0, 0.1) is 0 Å². The highest BCUT2D eigenvalue weighted by molar-refractivity contribution is 6.28. The van der Waals surface area contributed by atoms with Crippen molar-refractivity contribution in [3.05, 3.63) is 505 Å². The molecule has 0 radical (unpaired) electrons. The van der Waals surface area contributed by atoms with Crippen LogP contribution in [0.25, 0.3) is 263 Å². The predicted octanol–water partition coefficient (Wildman–Crippen LogP) is 38.8. The first-order valence-corrected chi connectivity index (χ1v) is 50.8. The van der Waals surface area contributed by atoms with E-state index in [2.05, 4.69) is 490 Å².